The first kappa shape index (κ1) is 19.6. The van der Waals surface area contributed by atoms with Gasteiger partial charge in [0, 0.05) is 6.54 Å². The van der Waals surface area contributed by atoms with Crippen LogP contribution in [0.4, 0.5) is 5.69 Å². The molecule has 0 saturated heterocycles. The molecule has 0 heterocycles. The van der Waals surface area contributed by atoms with Gasteiger partial charge in [-0.25, -0.2) is 4.79 Å². The van der Waals surface area contributed by atoms with Crippen molar-refractivity contribution < 1.29 is 19.1 Å². The van der Waals surface area contributed by atoms with E-state index >= 15 is 0 Å². The molecule has 1 saturated carbocycles. The quantitative estimate of drug-likeness (QED) is 0.571. The maximum Gasteiger partial charge on any atom is 0.340 e. The Morgan fingerprint density at radius 3 is 2.46 bits per heavy atom. The zero-order valence-corrected chi connectivity index (χ0v) is 16.1. The molecule has 1 aliphatic carbocycles. The summed E-state index contributed by atoms with van der Waals surface area (Å²) in [6.07, 6.45) is 0.972. The van der Waals surface area contributed by atoms with Crippen LogP contribution in [0.15, 0.2) is 48.5 Å². The molecule has 0 spiro atoms. The largest absolute Gasteiger partial charge is 0.462 e. The van der Waals surface area contributed by atoms with E-state index in [9.17, 15) is 14.4 Å². The van der Waals surface area contributed by atoms with Gasteiger partial charge in [0.15, 0.2) is 0 Å². The molecule has 0 aromatic heterocycles. The standard InChI is InChI=1S/C22H24N2O4/c1-3-28-19(25)17-9-4-5-10-18(17)24-21(27)22(11-12-22)20(26)23-14-16-8-6-7-15(2)13-16/h4-10,13H,3,11-12,14H2,1-2H3,(H,23,26)(H,24,27). The molecule has 0 atom stereocenters. The van der Waals surface area contributed by atoms with Crippen LogP contribution in [0.2, 0.25) is 0 Å². The number of aryl methyl sites for hydroxylation is 1. The van der Waals surface area contributed by atoms with E-state index in [4.69, 9.17) is 4.74 Å². The lowest BCUT2D eigenvalue weighted by atomic mass is 10.0. The van der Waals surface area contributed by atoms with Crippen molar-refractivity contribution in [1.82, 2.24) is 5.32 Å². The third-order valence-electron chi connectivity index (χ3n) is 4.83. The average molecular weight is 380 g/mol. The zero-order chi connectivity index (χ0) is 20.1. The lowest BCUT2D eigenvalue weighted by Gasteiger charge is -2.17. The summed E-state index contributed by atoms with van der Waals surface area (Å²) in [6.45, 7) is 4.32. The van der Waals surface area contributed by atoms with Crippen molar-refractivity contribution in [3.63, 3.8) is 0 Å². The van der Waals surface area contributed by atoms with Crippen molar-refractivity contribution in [3.05, 3.63) is 65.2 Å². The second-order valence-corrected chi connectivity index (χ2v) is 6.97. The molecule has 6 heteroatoms. The summed E-state index contributed by atoms with van der Waals surface area (Å²) in [7, 11) is 0. The van der Waals surface area contributed by atoms with E-state index in [0.29, 0.717) is 25.1 Å². The van der Waals surface area contributed by atoms with Gasteiger partial charge in [0.05, 0.1) is 17.9 Å². The van der Waals surface area contributed by atoms with Gasteiger partial charge in [-0.3, -0.25) is 9.59 Å². The Bertz CT molecular complexity index is 903. The Hall–Kier alpha value is -3.15. The molecular formula is C22H24N2O4. The molecule has 1 fully saturated rings. The lowest BCUT2D eigenvalue weighted by Crippen LogP contribution is -2.39. The summed E-state index contributed by atoms with van der Waals surface area (Å²) in [5.74, 6) is -1.20. The maximum atomic E-state index is 12.8. The number of carbonyl (C=O) groups is 3. The van der Waals surface area contributed by atoms with E-state index in [2.05, 4.69) is 10.6 Å². The summed E-state index contributed by atoms with van der Waals surface area (Å²) in [5, 5.41) is 5.60. The molecule has 0 radical (unpaired) electrons. The van der Waals surface area contributed by atoms with Crippen LogP contribution in [0.25, 0.3) is 0 Å². The predicted molar refractivity (Wildman–Crippen MR) is 106 cm³/mol. The van der Waals surface area contributed by atoms with Crippen LogP contribution in [-0.2, 0) is 20.9 Å². The van der Waals surface area contributed by atoms with Crippen LogP contribution in [0.1, 0.15) is 41.3 Å². The number of hydrogen-bond donors (Lipinski definition) is 2. The SMILES string of the molecule is CCOC(=O)c1ccccc1NC(=O)C1(C(=O)NCc2cccc(C)c2)CC1. The lowest BCUT2D eigenvalue weighted by molar-refractivity contribution is -0.134. The highest BCUT2D eigenvalue weighted by Crippen LogP contribution is 2.47. The fourth-order valence-corrected chi connectivity index (χ4v) is 3.08. The molecule has 28 heavy (non-hydrogen) atoms. The third kappa shape index (κ3) is 4.22. The van der Waals surface area contributed by atoms with Gasteiger partial charge in [0.25, 0.3) is 0 Å². The number of nitrogens with one attached hydrogen (secondary N) is 2. The smallest absolute Gasteiger partial charge is 0.340 e. The second kappa shape index (κ2) is 8.25. The predicted octanol–water partition coefficient (Wildman–Crippen LogP) is 3.21. The third-order valence-corrected chi connectivity index (χ3v) is 4.83. The monoisotopic (exact) mass is 380 g/mol. The second-order valence-electron chi connectivity index (χ2n) is 6.97. The van der Waals surface area contributed by atoms with E-state index < -0.39 is 17.3 Å². The highest BCUT2D eigenvalue weighted by atomic mass is 16.5. The molecule has 0 bridgehead atoms. The zero-order valence-electron chi connectivity index (χ0n) is 16.1. The van der Waals surface area contributed by atoms with E-state index in [0.717, 1.165) is 11.1 Å². The van der Waals surface area contributed by atoms with Crippen molar-refractivity contribution in [3.8, 4) is 0 Å². The molecule has 2 aromatic rings. The van der Waals surface area contributed by atoms with Crippen molar-refractivity contribution in [2.24, 2.45) is 5.41 Å². The highest BCUT2D eigenvalue weighted by Gasteiger charge is 2.56. The summed E-state index contributed by atoms with van der Waals surface area (Å²) in [4.78, 5) is 37.6. The first-order valence-corrected chi connectivity index (χ1v) is 9.38. The van der Waals surface area contributed by atoms with Gasteiger partial charge in [-0.05, 0) is 44.4 Å². The first-order valence-electron chi connectivity index (χ1n) is 9.38. The van der Waals surface area contributed by atoms with Crippen molar-refractivity contribution >= 4 is 23.5 Å². The number of amides is 2. The van der Waals surface area contributed by atoms with Gasteiger partial charge < -0.3 is 15.4 Å². The molecule has 6 nitrogen and oxygen atoms in total. The van der Waals surface area contributed by atoms with Crippen LogP contribution >= 0.6 is 0 Å². The average Bonchev–Trinajstić information content (AvgIpc) is 3.49. The normalized spacial score (nSPS) is 14.1. The van der Waals surface area contributed by atoms with Gasteiger partial charge in [0.1, 0.15) is 5.41 Å². The van der Waals surface area contributed by atoms with Gasteiger partial charge in [-0.1, -0.05) is 42.0 Å². The maximum absolute atomic E-state index is 12.8. The van der Waals surface area contributed by atoms with Gasteiger partial charge in [-0.15, -0.1) is 0 Å². The van der Waals surface area contributed by atoms with Crippen LogP contribution in [0, 0.1) is 12.3 Å². The molecule has 146 valence electrons. The van der Waals surface area contributed by atoms with Crippen LogP contribution < -0.4 is 10.6 Å². The number of rotatable bonds is 7. The Morgan fingerprint density at radius 1 is 1.04 bits per heavy atom. The van der Waals surface area contributed by atoms with Crippen LogP contribution in [0.5, 0.6) is 0 Å². The fourth-order valence-electron chi connectivity index (χ4n) is 3.08. The number of benzene rings is 2. The minimum absolute atomic E-state index is 0.242. The Morgan fingerprint density at radius 2 is 1.79 bits per heavy atom. The Kier molecular flexibility index (Phi) is 5.78. The molecular weight excluding hydrogens is 356 g/mol. The van der Waals surface area contributed by atoms with Crippen molar-refractivity contribution in [2.75, 3.05) is 11.9 Å². The Balaban J connectivity index is 1.67. The number of ether oxygens (including phenoxy) is 1. The molecule has 3 rings (SSSR count). The van der Waals surface area contributed by atoms with Gasteiger partial charge >= 0.3 is 5.97 Å². The number of anilines is 1. The summed E-state index contributed by atoms with van der Waals surface area (Å²) < 4.78 is 5.03. The fraction of sp³-hybridized carbons (Fsp3) is 0.318. The number of carbonyl (C=O) groups excluding carboxylic acids is 3. The van der Waals surface area contributed by atoms with E-state index in [1.165, 1.54) is 0 Å². The van der Waals surface area contributed by atoms with Gasteiger partial charge in [-0.2, -0.15) is 0 Å². The number of para-hydroxylation sites is 1. The van der Waals surface area contributed by atoms with Crippen molar-refractivity contribution in [1.29, 1.82) is 0 Å². The van der Waals surface area contributed by atoms with E-state index in [-0.39, 0.29) is 18.1 Å². The number of esters is 1. The molecule has 2 amide bonds. The van der Waals surface area contributed by atoms with Crippen LogP contribution in [-0.4, -0.2) is 24.4 Å². The molecule has 2 aromatic carbocycles. The van der Waals surface area contributed by atoms with Crippen molar-refractivity contribution in [2.45, 2.75) is 33.2 Å². The minimum Gasteiger partial charge on any atom is -0.462 e. The summed E-state index contributed by atoms with van der Waals surface area (Å²) >= 11 is 0. The summed E-state index contributed by atoms with van der Waals surface area (Å²) in [6, 6.07) is 14.5. The molecule has 1 aliphatic rings. The number of hydrogen-bond acceptors (Lipinski definition) is 4. The van der Waals surface area contributed by atoms with Crippen LogP contribution in [0.3, 0.4) is 0 Å². The van der Waals surface area contributed by atoms with E-state index in [1.54, 1.807) is 31.2 Å². The minimum atomic E-state index is -1.08. The summed E-state index contributed by atoms with van der Waals surface area (Å²) in [5.41, 5.74) is 1.64. The first-order chi connectivity index (χ1) is 13.5. The molecule has 0 unspecified atom stereocenters. The molecule has 2 N–H and O–H groups in total. The molecule has 0 aliphatic heterocycles. The Labute approximate surface area is 164 Å². The topological polar surface area (TPSA) is 84.5 Å². The van der Waals surface area contributed by atoms with Gasteiger partial charge in [0.2, 0.25) is 11.8 Å². The van der Waals surface area contributed by atoms with E-state index in [1.807, 2.05) is 31.2 Å². The highest BCUT2D eigenvalue weighted by molar-refractivity contribution is 6.14.